The molecule has 0 aliphatic rings. The maximum absolute atomic E-state index is 13.2. The van der Waals surface area contributed by atoms with Crippen molar-refractivity contribution in [1.82, 2.24) is 5.32 Å². The second-order valence-electron chi connectivity index (χ2n) is 4.71. The summed E-state index contributed by atoms with van der Waals surface area (Å²) in [4.78, 5) is 12.3. The monoisotopic (exact) mass is 288 g/mol. The molecule has 0 aliphatic heterocycles. The van der Waals surface area contributed by atoms with Gasteiger partial charge in [-0.3, -0.25) is 4.79 Å². The number of benzene rings is 2. The Bertz CT molecular complexity index is 658. The average Bonchev–Trinajstić information content (AvgIpc) is 2.46. The molecule has 1 amide bonds. The van der Waals surface area contributed by atoms with Crippen LogP contribution in [0, 0.1) is 5.82 Å². The van der Waals surface area contributed by atoms with Crippen LogP contribution in [0.25, 0.3) is 0 Å². The predicted molar refractivity (Wildman–Crippen MR) is 79.7 cm³/mol. The number of methoxy groups -OCH3 is 1. The molecule has 2 rings (SSSR count). The van der Waals surface area contributed by atoms with Crippen molar-refractivity contribution in [3.63, 3.8) is 0 Å². The molecule has 4 nitrogen and oxygen atoms in total. The number of carbonyl (C=O) groups excluding carboxylic acids is 1. The van der Waals surface area contributed by atoms with Crippen molar-refractivity contribution in [2.75, 3.05) is 12.8 Å². The molecule has 0 aromatic heterocycles. The molecule has 1 atom stereocenters. The minimum Gasteiger partial charge on any atom is -0.496 e. The van der Waals surface area contributed by atoms with Gasteiger partial charge in [-0.05, 0) is 36.8 Å². The van der Waals surface area contributed by atoms with E-state index in [1.807, 2.05) is 0 Å². The van der Waals surface area contributed by atoms with Gasteiger partial charge in [0.2, 0.25) is 0 Å². The van der Waals surface area contributed by atoms with Crippen molar-refractivity contribution in [1.29, 1.82) is 0 Å². The smallest absolute Gasteiger partial charge is 0.255 e. The van der Waals surface area contributed by atoms with E-state index in [0.29, 0.717) is 22.6 Å². The molecule has 5 heteroatoms. The molecule has 2 aromatic carbocycles. The number of nitrogens with two attached hydrogens (primary N) is 1. The summed E-state index contributed by atoms with van der Waals surface area (Å²) in [7, 11) is 1.47. The van der Waals surface area contributed by atoms with E-state index in [-0.39, 0.29) is 17.8 Å². The van der Waals surface area contributed by atoms with Gasteiger partial charge in [0.1, 0.15) is 11.6 Å². The molecule has 21 heavy (non-hydrogen) atoms. The third kappa shape index (κ3) is 3.51. The van der Waals surface area contributed by atoms with E-state index >= 15 is 0 Å². The van der Waals surface area contributed by atoms with Gasteiger partial charge in [-0.2, -0.15) is 0 Å². The fraction of sp³-hybridized carbons (Fsp3) is 0.188. The first-order chi connectivity index (χ1) is 10.0. The number of ether oxygens (including phenoxy) is 1. The Labute approximate surface area is 122 Å². The predicted octanol–water partition coefficient (Wildman–Crippen LogP) is 2.91. The molecule has 110 valence electrons. The molecule has 0 saturated carbocycles. The normalized spacial score (nSPS) is 11.8. The molecule has 0 radical (unpaired) electrons. The Morgan fingerprint density at radius 2 is 2.05 bits per heavy atom. The highest BCUT2D eigenvalue weighted by molar-refractivity contribution is 5.97. The van der Waals surface area contributed by atoms with E-state index in [1.165, 1.54) is 19.2 Å². The van der Waals surface area contributed by atoms with Crippen molar-refractivity contribution in [2.24, 2.45) is 0 Å². The van der Waals surface area contributed by atoms with Crippen LogP contribution < -0.4 is 15.8 Å². The van der Waals surface area contributed by atoms with Crippen LogP contribution in [0.4, 0.5) is 10.1 Å². The molecule has 2 aromatic rings. The summed E-state index contributed by atoms with van der Waals surface area (Å²) in [5.74, 6) is -0.235. The van der Waals surface area contributed by atoms with Crippen molar-refractivity contribution in [3.05, 3.63) is 59.4 Å². The Morgan fingerprint density at radius 1 is 1.29 bits per heavy atom. The molecule has 0 heterocycles. The van der Waals surface area contributed by atoms with Crippen LogP contribution in [-0.2, 0) is 0 Å². The van der Waals surface area contributed by atoms with Crippen LogP contribution in [0.2, 0.25) is 0 Å². The zero-order valence-corrected chi connectivity index (χ0v) is 11.9. The number of anilines is 1. The third-order valence-corrected chi connectivity index (χ3v) is 3.17. The van der Waals surface area contributed by atoms with E-state index in [4.69, 9.17) is 10.5 Å². The summed E-state index contributed by atoms with van der Waals surface area (Å²) in [6.07, 6.45) is 0. The van der Waals surface area contributed by atoms with Gasteiger partial charge in [-0.1, -0.05) is 12.1 Å². The molecule has 0 aliphatic carbocycles. The lowest BCUT2D eigenvalue weighted by atomic mass is 10.1. The third-order valence-electron chi connectivity index (χ3n) is 3.17. The number of carbonyl (C=O) groups is 1. The molecular formula is C16H17FN2O2. The van der Waals surface area contributed by atoms with Crippen molar-refractivity contribution in [2.45, 2.75) is 13.0 Å². The Balaban J connectivity index is 2.18. The molecule has 0 fully saturated rings. The van der Waals surface area contributed by atoms with Crippen LogP contribution in [0.5, 0.6) is 5.75 Å². The molecule has 0 bridgehead atoms. The summed E-state index contributed by atoms with van der Waals surface area (Å²) in [5.41, 5.74) is 7.25. The van der Waals surface area contributed by atoms with Gasteiger partial charge < -0.3 is 15.8 Å². The highest BCUT2D eigenvalue weighted by atomic mass is 19.1. The van der Waals surface area contributed by atoms with Crippen LogP contribution in [-0.4, -0.2) is 13.0 Å². The van der Waals surface area contributed by atoms with Gasteiger partial charge in [-0.15, -0.1) is 0 Å². The summed E-state index contributed by atoms with van der Waals surface area (Å²) in [6.45, 7) is 1.79. The van der Waals surface area contributed by atoms with Gasteiger partial charge in [0, 0.05) is 11.8 Å². The highest BCUT2D eigenvalue weighted by Crippen LogP contribution is 2.22. The van der Waals surface area contributed by atoms with Gasteiger partial charge in [0.05, 0.1) is 18.7 Å². The van der Waals surface area contributed by atoms with Crippen LogP contribution in [0.1, 0.15) is 28.9 Å². The van der Waals surface area contributed by atoms with Crippen LogP contribution in [0.15, 0.2) is 42.5 Å². The van der Waals surface area contributed by atoms with Gasteiger partial charge in [0.25, 0.3) is 5.91 Å². The van der Waals surface area contributed by atoms with E-state index in [0.717, 1.165) is 0 Å². The fourth-order valence-electron chi connectivity index (χ4n) is 2.03. The lowest BCUT2D eigenvalue weighted by molar-refractivity contribution is 0.0937. The van der Waals surface area contributed by atoms with Crippen LogP contribution >= 0.6 is 0 Å². The zero-order valence-electron chi connectivity index (χ0n) is 11.9. The minimum atomic E-state index is -0.335. The lowest BCUT2D eigenvalue weighted by Gasteiger charge is -2.16. The number of hydrogen-bond acceptors (Lipinski definition) is 3. The second-order valence-corrected chi connectivity index (χ2v) is 4.71. The quantitative estimate of drug-likeness (QED) is 0.850. The van der Waals surface area contributed by atoms with E-state index in [2.05, 4.69) is 5.32 Å². The first-order valence-electron chi connectivity index (χ1n) is 6.51. The second kappa shape index (κ2) is 6.26. The van der Waals surface area contributed by atoms with Gasteiger partial charge >= 0.3 is 0 Å². The van der Waals surface area contributed by atoms with Crippen molar-refractivity contribution in [3.8, 4) is 5.75 Å². The Hall–Kier alpha value is -2.56. The fourth-order valence-corrected chi connectivity index (χ4v) is 2.03. The van der Waals surface area contributed by atoms with Gasteiger partial charge in [0.15, 0.2) is 0 Å². The number of hydrogen-bond donors (Lipinski definition) is 2. The lowest BCUT2D eigenvalue weighted by Crippen LogP contribution is -2.27. The Morgan fingerprint density at radius 3 is 2.71 bits per heavy atom. The summed E-state index contributed by atoms with van der Waals surface area (Å²) < 4.78 is 18.4. The molecular weight excluding hydrogens is 271 g/mol. The molecule has 0 spiro atoms. The number of amides is 1. The van der Waals surface area contributed by atoms with E-state index in [1.54, 1.807) is 37.3 Å². The number of nitrogen functional groups attached to an aromatic ring is 1. The van der Waals surface area contributed by atoms with Gasteiger partial charge in [-0.25, -0.2) is 4.39 Å². The highest BCUT2D eigenvalue weighted by Gasteiger charge is 2.16. The molecule has 3 N–H and O–H groups in total. The summed E-state index contributed by atoms with van der Waals surface area (Å²) in [5, 5.41) is 2.81. The maximum atomic E-state index is 13.2. The number of nitrogens with one attached hydrogen (secondary N) is 1. The summed E-state index contributed by atoms with van der Waals surface area (Å²) >= 11 is 0. The minimum absolute atomic E-state index is 0.302. The first kappa shape index (κ1) is 14.8. The van der Waals surface area contributed by atoms with E-state index in [9.17, 15) is 9.18 Å². The summed E-state index contributed by atoms with van der Waals surface area (Å²) in [6, 6.07) is 10.6. The van der Waals surface area contributed by atoms with Crippen molar-refractivity contribution < 1.29 is 13.9 Å². The number of halogens is 1. The first-order valence-corrected chi connectivity index (χ1v) is 6.51. The molecule has 0 unspecified atom stereocenters. The van der Waals surface area contributed by atoms with Crippen LogP contribution in [0.3, 0.4) is 0 Å². The standard InChI is InChI=1S/C16H17FN2O2/c1-10(11-4-3-5-12(17)8-11)19-16(20)14-7-6-13(18)9-15(14)21-2/h3-10H,18H2,1-2H3,(H,19,20)/t10-/m1/s1. The Kier molecular flexibility index (Phi) is 4.42. The largest absolute Gasteiger partial charge is 0.496 e. The SMILES string of the molecule is COc1cc(N)ccc1C(=O)N[C@H](C)c1cccc(F)c1. The van der Waals surface area contributed by atoms with Crippen molar-refractivity contribution >= 4 is 11.6 Å². The zero-order chi connectivity index (χ0) is 15.4. The number of rotatable bonds is 4. The van der Waals surface area contributed by atoms with E-state index < -0.39 is 0 Å². The molecule has 0 saturated heterocycles. The average molecular weight is 288 g/mol. The topological polar surface area (TPSA) is 64.3 Å². The maximum Gasteiger partial charge on any atom is 0.255 e.